The van der Waals surface area contributed by atoms with E-state index < -0.39 is 33.9 Å². The van der Waals surface area contributed by atoms with E-state index in [1.165, 1.54) is 24.8 Å². The van der Waals surface area contributed by atoms with Crippen molar-refractivity contribution in [2.45, 2.75) is 133 Å². The Bertz CT molecular complexity index is 1080. The summed E-state index contributed by atoms with van der Waals surface area (Å²) in [5.74, 6) is -6.08. The molecule has 0 aromatic heterocycles. The number of hydrogen-bond acceptors (Lipinski definition) is 4. The summed E-state index contributed by atoms with van der Waals surface area (Å²) in [6.45, 7) is 4.00. The Morgan fingerprint density at radius 3 is 1.40 bits per heavy atom. The highest BCUT2D eigenvalue weighted by molar-refractivity contribution is 7.94. The monoisotopic (exact) mass is 630 g/mol. The molecule has 42 heavy (non-hydrogen) atoms. The largest absolute Gasteiger partial charge is 0.450 e. The van der Waals surface area contributed by atoms with Crippen molar-refractivity contribution in [2.24, 2.45) is 0 Å². The number of ether oxygens (including phenoxy) is 1. The summed E-state index contributed by atoms with van der Waals surface area (Å²) < 4.78 is 71.0. The van der Waals surface area contributed by atoms with Crippen LogP contribution in [0.5, 0.6) is 11.5 Å². The third-order valence-corrected chi connectivity index (χ3v) is 9.64. The first-order valence-electron chi connectivity index (χ1n) is 15.6. The quantitative estimate of drug-likeness (QED) is 0.0954. The highest BCUT2D eigenvalue weighted by atomic mass is 32.2. The second-order valence-electron chi connectivity index (χ2n) is 11.4. The van der Waals surface area contributed by atoms with Crippen LogP contribution in [0.1, 0.15) is 145 Å². The van der Waals surface area contributed by atoms with Gasteiger partial charge in [0.15, 0.2) is 11.6 Å². The van der Waals surface area contributed by atoms with Gasteiger partial charge in [-0.3, -0.25) is 0 Å². The predicted molar refractivity (Wildman–Crippen MR) is 166 cm³/mol. The van der Waals surface area contributed by atoms with Crippen LogP contribution in [0, 0.1) is 23.3 Å². The van der Waals surface area contributed by atoms with Crippen molar-refractivity contribution in [3.8, 4) is 11.5 Å². The molecule has 0 aliphatic heterocycles. The molecule has 2 aromatic carbocycles. The molecule has 5 rings (SSSR count). The second-order valence-corrected chi connectivity index (χ2v) is 12.1. The highest BCUT2D eigenvalue weighted by Gasteiger charge is 2.33. The summed E-state index contributed by atoms with van der Waals surface area (Å²) in [5, 5.41) is 0. The van der Waals surface area contributed by atoms with Crippen molar-refractivity contribution in [3.63, 3.8) is 0 Å². The van der Waals surface area contributed by atoms with E-state index in [2.05, 4.69) is 21.4 Å². The molecule has 0 bridgehead atoms. The smallest absolute Gasteiger partial charge is 0.205 e. The normalized spacial score (nSPS) is 18.6. The number of halogens is 4. The number of hydrogen-bond donors (Lipinski definition) is 0. The van der Waals surface area contributed by atoms with Crippen LogP contribution >= 0.6 is 25.5 Å². The van der Waals surface area contributed by atoms with E-state index in [9.17, 15) is 8.78 Å². The van der Waals surface area contributed by atoms with Crippen LogP contribution in [-0.2, 0) is 9.22 Å². The molecule has 236 valence electrons. The molecule has 0 atom stereocenters. The third kappa shape index (κ3) is 7.99. The molecule has 0 N–H and O–H groups in total. The Kier molecular flexibility index (Phi) is 14.3. The van der Waals surface area contributed by atoms with Crippen LogP contribution in [-0.4, -0.2) is 7.11 Å². The molecular formula is C33H46F4O3S2. The molecule has 3 nitrogen and oxygen atoms in total. The summed E-state index contributed by atoms with van der Waals surface area (Å²) >= 11 is 0.0787. The van der Waals surface area contributed by atoms with Gasteiger partial charge in [-0.1, -0.05) is 83.8 Å². The first-order chi connectivity index (χ1) is 20.0. The van der Waals surface area contributed by atoms with E-state index >= 15 is 8.78 Å². The van der Waals surface area contributed by atoms with Gasteiger partial charge in [0, 0.05) is 0 Å². The minimum atomic E-state index is -1.57. The fourth-order valence-corrected chi connectivity index (χ4v) is 7.31. The van der Waals surface area contributed by atoms with E-state index in [-0.39, 0.29) is 37.4 Å². The summed E-state index contributed by atoms with van der Waals surface area (Å²) in [6.07, 6.45) is 16.4. The lowest BCUT2D eigenvalue weighted by atomic mass is 9.75. The van der Waals surface area contributed by atoms with E-state index in [0.717, 1.165) is 95.3 Å². The highest BCUT2D eigenvalue weighted by Crippen LogP contribution is 2.49. The topological polar surface area (TPSA) is 27.7 Å². The molecule has 0 unspecified atom stereocenters. The maximum Gasteiger partial charge on any atom is 0.205 e. The van der Waals surface area contributed by atoms with Gasteiger partial charge in [0.05, 0.1) is 19.2 Å². The Morgan fingerprint density at radius 1 is 0.595 bits per heavy atom. The molecule has 0 heterocycles. The second kappa shape index (κ2) is 17.2. The van der Waals surface area contributed by atoms with E-state index in [0.29, 0.717) is 11.7 Å². The first kappa shape index (κ1) is 35.1. The lowest BCUT2D eigenvalue weighted by molar-refractivity contribution is -0.160. The summed E-state index contributed by atoms with van der Waals surface area (Å²) in [7, 11) is 1.13. The average molecular weight is 631 g/mol. The molecule has 3 aliphatic rings. The van der Waals surface area contributed by atoms with E-state index in [1.54, 1.807) is 0 Å². The molecule has 3 saturated carbocycles. The maximum atomic E-state index is 15.3. The number of benzene rings is 2. The minimum absolute atomic E-state index is 0. The maximum absolute atomic E-state index is 15.3. The predicted octanol–water partition coefficient (Wildman–Crippen LogP) is 11.9. The summed E-state index contributed by atoms with van der Waals surface area (Å²) in [4.78, 5) is 3.39. The SMILES string of the molecule is CC.COOSc1c(F)c(F)c(Oc2c(C3CCCCC3)cc(C3CCCCC3)cc2C2CCCCC2)c(F)c1F.S. The van der Waals surface area contributed by atoms with Crippen molar-refractivity contribution in [2.75, 3.05) is 7.11 Å². The van der Waals surface area contributed by atoms with Crippen LogP contribution < -0.4 is 4.74 Å². The van der Waals surface area contributed by atoms with Gasteiger partial charge < -0.3 is 4.74 Å². The summed E-state index contributed by atoms with van der Waals surface area (Å²) in [5.41, 5.74) is 3.17. The van der Waals surface area contributed by atoms with Gasteiger partial charge >= 0.3 is 0 Å². The lowest BCUT2D eigenvalue weighted by Crippen LogP contribution is -2.15. The zero-order valence-electron chi connectivity index (χ0n) is 25.1. The lowest BCUT2D eigenvalue weighted by Gasteiger charge is -2.32. The average Bonchev–Trinajstić information content (AvgIpc) is 3.04. The molecule has 3 fully saturated rings. The molecule has 0 saturated heterocycles. The molecule has 0 spiro atoms. The van der Waals surface area contributed by atoms with Gasteiger partial charge in [-0.15, -0.1) is 0 Å². The van der Waals surface area contributed by atoms with Crippen molar-refractivity contribution in [3.05, 3.63) is 52.1 Å². The Labute approximate surface area is 260 Å². The zero-order chi connectivity index (χ0) is 29.4. The van der Waals surface area contributed by atoms with Crippen LogP contribution in [0.2, 0.25) is 0 Å². The molecule has 3 aliphatic carbocycles. The Hall–Kier alpha value is -1.42. The van der Waals surface area contributed by atoms with Gasteiger partial charge in [0.2, 0.25) is 17.4 Å². The van der Waals surface area contributed by atoms with Crippen molar-refractivity contribution in [1.29, 1.82) is 0 Å². The van der Waals surface area contributed by atoms with Crippen LogP contribution in [0.25, 0.3) is 0 Å². The zero-order valence-corrected chi connectivity index (χ0v) is 27.0. The van der Waals surface area contributed by atoms with Gasteiger partial charge in [0.25, 0.3) is 0 Å². The molecule has 2 aromatic rings. The van der Waals surface area contributed by atoms with Gasteiger partial charge in [-0.05, 0) is 73.0 Å². The fourth-order valence-electron chi connectivity index (χ4n) is 6.85. The van der Waals surface area contributed by atoms with Gasteiger partial charge in [0.1, 0.15) is 10.6 Å². The van der Waals surface area contributed by atoms with E-state index in [4.69, 9.17) is 4.74 Å². The summed E-state index contributed by atoms with van der Waals surface area (Å²) in [6, 6.07) is 4.37. The van der Waals surface area contributed by atoms with Crippen molar-refractivity contribution >= 4 is 25.5 Å². The molecule has 0 amide bonds. The fraction of sp³-hybridized carbons (Fsp3) is 0.636. The van der Waals surface area contributed by atoms with Gasteiger partial charge in [-0.25, -0.2) is 13.7 Å². The van der Waals surface area contributed by atoms with Crippen LogP contribution in [0.15, 0.2) is 17.0 Å². The minimum Gasteiger partial charge on any atom is -0.450 e. The Morgan fingerprint density at radius 2 is 1.00 bits per heavy atom. The van der Waals surface area contributed by atoms with Crippen LogP contribution in [0.4, 0.5) is 17.6 Å². The third-order valence-electron chi connectivity index (χ3n) is 8.91. The standard InChI is InChI=1S/C31H38F4O3S.C2H6.H2S/c1-36-38-39-31-27(34)25(32)30(26(33)28(31)35)37-29-23(20-13-7-3-8-14-20)17-22(19-11-5-2-6-12-19)18-24(29)21-15-9-4-10-16-21;1-2;/h17-21H,2-16H2,1H3;1-2H3;1H2. The first-order valence-corrected chi connectivity index (χ1v) is 16.3. The molecular weight excluding hydrogens is 584 g/mol. The van der Waals surface area contributed by atoms with Crippen LogP contribution in [0.3, 0.4) is 0 Å². The number of rotatable bonds is 8. The van der Waals surface area contributed by atoms with Gasteiger partial charge in [-0.2, -0.15) is 26.6 Å². The Balaban J connectivity index is 0.00000158. The molecule has 9 heteroatoms. The molecule has 0 radical (unpaired) electrons. The van der Waals surface area contributed by atoms with Crippen molar-refractivity contribution < 1.29 is 31.5 Å². The van der Waals surface area contributed by atoms with E-state index in [1.807, 2.05) is 13.8 Å². The van der Waals surface area contributed by atoms with Crippen molar-refractivity contribution in [1.82, 2.24) is 0 Å².